The van der Waals surface area contributed by atoms with Crippen molar-refractivity contribution in [2.24, 2.45) is 0 Å². The second kappa shape index (κ2) is 6.20. The number of halogens is 1. The average Bonchev–Trinajstić information content (AvgIpc) is 2.85. The summed E-state index contributed by atoms with van der Waals surface area (Å²) >= 11 is 7.85. The Labute approximate surface area is 111 Å². The van der Waals surface area contributed by atoms with Gasteiger partial charge in [0.2, 0.25) is 0 Å². The summed E-state index contributed by atoms with van der Waals surface area (Å²) in [4.78, 5) is 0. The Balaban J connectivity index is 1.82. The van der Waals surface area contributed by atoms with E-state index < -0.39 is 0 Å². The molecule has 0 spiro atoms. The fourth-order valence-electron chi connectivity index (χ4n) is 1.76. The summed E-state index contributed by atoms with van der Waals surface area (Å²) < 4.78 is 0. The lowest BCUT2D eigenvalue weighted by molar-refractivity contribution is 0.578. The Kier molecular flexibility index (Phi) is 4.60. The minimum absolute atomic E-state index is 0.406. The van der Waals surface area contributed by atoms with Crippen LogP contribution in [0.25, 0.3) is 0 Å². The van der Waals surface area contributed by atoms with Crippen LogP contribution >= 0.6 is 22.9 Å². The smallest absolute Gasteiger partial charge is 0.0438 e. The first-order valence-corrected chi connectivity index (χ1v) is 7.08. The molecule has 2 rings (SSSR count). The van der Waals surface area contributed by atoms with Crippen molar-refractivity contribution >= 4 is 22.9 Å². The number of nitrogens with one attached hydrogen (secondary N) is 1. The molecule has 1 nitrogen and oxygen atoms in total. The fraction of sp³-hybridized carbons (Fsp3) is 0.286. The predicted molar refractivity (Wildman–Crippen MR) is 75.9 cm³/mol. The van der Waals surface area contributed by atoms with Crippen LogP contribution in [0.4, 0.5) is 0 Å². The molecule has 1 unspecified atom stereocenters. The van der Waals surface area contributed by atoms with Crippen molar-refractivity contribution in [3.05, 3.63) is 57.2 Å². The molecule has 1 heterocycles. The van der Waals surface area contributed by atoms with Crippen LogP contribution in [0.2, 0.25) is 5.02 Å². The van der Waals surface area contributed by atoms with Gasteiger partial charge < -0.3 is 5.32 Å². The topological polar surface area (TPSA) is 12.0 Å². The Hall–Kier alpha value is -0.830. The molecule has 1 N–H and O–H groups in total. The molecule has 0 radical (unpaired) electrons. The van der Waals surface area contributed by atoms with E-state index >= 15 is 0 Å². The second-order valence-electron chi connectivity index (χ2n) is 4.07. The van der Waals surface area contributed by atoms with Crippen LogP contribution in [0.15, 0.2) is 41.1 Å². The molecule has 1 aromatic carbocycles. The predicted octanol–water partition coefficient (Wildman–Crippen LogP) is 4.29. The first-order chi connectivity index (χ1) is 8.27. The summed E-state index contributed by atoms with van der Waals surface area (Å²) in [6.07, 6.45) is 0.966. The van der Waals surface area contributed by atoms with Crippen molar-refractivity contribution in [3.8, 4) is 0 Å². The molecule has 0 aliphatic rings. The number of hydrogen-bond acceptors (Lipinski definition) is 2. The van der Waals surface area contributed by atoms with Gasteiger partial charge in [0.1, 0.15) is 0 Å². The maximum Gasteiger partial charge on any atom is 0.0438 e. The molecule has 0 saturated heterocycles. The third-order valence-electron chi connectivity index (χ3n) is 2.85. The number of thiophene rings is 1. The van der Waals surface area contributed by atoms with Crippen LogP contribution in [0.3, 0.4) is 0 Å². The van der Waals surface area contributed by atoms with E-state index in [1.807, 2.05) is 18.2 Å². The number of rotatable bonds is 5. The molecule has 0 aliphatic carbocycles. The zero-order chi connectivity index (χ0) is 12.1. The van der Waals surface area contributed by atoms with E-state index in [0.29, 0.717) is 6.04 Å². The molecular weight excluding hydrogens is 250 g/mol. The van der Waals surface area contributed by atoms with Crippen molar-refractivity contribution in [3.63, 3.8) is 0 Å². The zero-order valence-corrected chi connectivity index (χ0v) is 11.4. The highest BCUT2D eigenvalue weighted by atomic mass is 35.5. The molecule has 2 aromatic rings. The molecule has 1 aromatic heterocycles. The average molecular weight is 266 g/mol. The summed E-state index contributed by atoms with van der Waals surface area (Å²) in [5, 5.41) is 8.67. The lowest BCUT2D eigenvalue weighted by Crippen LogP contribution is -2.21. The quantitative estimate of drug-likeness (QED) is 0.850. The van der Waals surface area contributed by atoms with E-state index in [-0.39, 0.29) is 0 Å². The molecule has 3 heteroatoms. The largest absolute Gasteiger partial charge is 0.310 e. The van der Waals surface area contributed by atoms with Crippen molar-refractivity contribution < 1.29 is 0 Å². The molecule has 1 atom stereocenters. The van der Waals surface area contributed by atoms with Gasteiger partial charge >= 0.3 is 0 Å². The van der Waals surface area contributed by atoms with Crippen LogP contribution in [0.1, 0.15) is 24.1 Å². The Morgan fingerprint density at radius 1 is 1.29 bits per heavy atom. The van der Waals surface area contributed by atoms with Gasteiger partial charge in [-0.1, -0.05) is 29.8 Å². The zero-order valence-electron chi connectivity index (χ0n) is 9.82. The molecule has 0 fully saturated rings. The minimum Gasteiger partial charge on any atom is -0.310 e. The third kappa shape index (κ3) is 3.56. The molecule has 0 amide bonds. The highest BCUT2D eigenvalue weighted by Gasteiger charge is 2.05. The van der Waals surface area contributed by atoms with Gasteiger partial charge in [-0.05, 0) is 53.9 Å². The molecule has 0 aliphatic heterocycles. The van der Waals surface area contributed by atoms with Crippen molar-refractivity contribution in [2.45, 2.75) is 19.4 Å². The van der Waals surface area contributed by atoms with Crippen LogP contribution in [0.5, 0.6) is 0 Å². The van der Waals surface area contributed by atoms with Crippen molar-refractivity contribution in [1.82, 2.24) is 5.32 Å². The van der Waals surface area contributed by atoms with E-state index in [0.717, 1.165) is 18.0 Å². The highest BCUT2D eigenvalue weighted by Crippen LogP contribution is 2.17. The first kappa shape index (κ1) is 12.6. The van der Waals surface area contributed by atoms with Gasteiger partial charge in [0, 0.05) is 11.1 Å². The van der Waals surface area contributed by atoms with E-state index in [2.05, 4.69) is 35.1 Å². The molecule has 17 heavy (non-hydrogen) atoms. The minimum atomic E-state index is 0.406. The van der Waals surface area contributed by atoms with Crippen LogP contribution < -0.4 is 5.32 Å². The van der Waals surface area contributed by atoms with Gasteiger partial charge in [-0.3, -0.25) is 0 Å². The van der Waals surface area contributed by atoms with Crippen molar-refractivity contribution in [1.29, 1.82) is 0 Å². The SMILES string of the molecule is CC(NCCc1ccccc1Cl)c1ccsc1. The van der Waals surface area contributed by atoms with Crippen molar-refractivity contribution in [2.75, 3.05) is 6.54 Å². The Morgan fingerprint density at radius 3 is 2.82 bits per heavy atom. The summed E-state index contributed by atoms with van der Waals surface area (Å²) in [6, 6.07) is 10.6. The molecular formula is C14H16ClNS. The van der Waals surface area contributed by atoms with Gasteiger partial charge in [-0.2, -0.15) is 11.3 Å². The molecule has 90 valence electrons. The Bertz CT molecular complexity index is 453. The monoisotopic (exact) mass is 265 g/mol. The van der Waals surface area contributed by atoms with Crippen LogP contribution in [0, 0.1) is 0 Å². The lowest BCUT2D eigenvalue weighted by Gasteiger charge is -2.12. The van der Waals surface area contributed by atoms with Gasteiger partial charge in [-0.15, -0.1) is 0 Å². The highest BCUT2D eigenvalue weighted by molar-refractivity contribution is 7.07. The van der Waals surface area contributed by atoms with Gasteiger partial charge in [-0.25, -0.2) is 0 Å². The number of benzene rings is 1. The van der Waals surface area contributed by atoms with E-state index in [9.17, 15) is 0 Å². The number of hydrogen-bond donors (Lipinski definition) is 1. The summed E-state index contributed by atoms with van der Waals surface area (Å²) in [5.41, 5.74) is 2.56. The normalized spacial score (nSPS) is 12.6. The first-order valence-electron chi connectivity index (χ1n) is 5.76. The standard InChI is InChI=1S/C14H16ClNS/c1-11(13-7-9-17-10-13)16-8-6-12-4-2-3-5-14(12)15/h2-5,7,9-11,16H,6,8H2,1H3. The second-order valence-corrected chi connectivity index (χ2v) is 5.26. The summed E-state index contributed by atoms with van der Waals surface area (Å²) in [7, 11) is 0. The third-order valence-corrected chi connectivity index (χ3v) is 3.92. The van der Waals surface area contributed by atoms with E-state index in [4.69, 9.17) is 11.6 Å². The van der Waals surface area contributed by atoms with E-state index in [1.54, 1.807) is 11.3 Å². The van der Waals surface area contributed by atoms with Gasteiger partial charge in [0.25, 0.3) is 0 Å². The lowest BCUT2D eigenvalue weighted by atomic mass is 10.1. The molecule has 0 bridgehead atoms. The fourth-order valence-corrected chi connectivity index (χ4v) is 2.75. The Morgan fingerprint density at radius 2 is 2.12 bits per heavy atom. The maximum absolute atomic E-state index is 6.11. The summed E-state index contributed by atoms with van der Waals surface area (Å²) in [5.74, 6) is 0. The van der Waals surface area contributed by atoms with Gasteiger partial charge in [0.15, 0.2) is 0 Å². The molecule has 0 saturated carbocycles. The summed E-state index contributed by atoms with van der Waals surface area (Å²) in [6.45, 7) is 3.13. The van der Waals surface area contributed by atoms with Gasteiger partial charge in [0.05, 0.1) is 0 Å². The van der Waals surface area contributed by atoms with Crippen LogP contribution in [-0.2, 0) is 6.42 Å². The maximum atomic E-state index is 6.11. The van der Waals surface area contributed by atoms with Crippen LogP contribution in [-0.4, -0.2) is 6.54 Å². The van der Waals surface area contributed by atoms with E-state index in [1.165, 1.54) is 11.1 Å².